The first-order valence-electron chi connectivity index (χ1n) is 5.50. The lowest BCUT2D eigenvalue weighted by Gasteiger charge is -2.17. The van der Waals surface area contributed by atoms with Gasteiger partial charge in [-0.15, -0.1) is 6.58 Å². The molecule has 1 fully saturated rings. The summed E-state index contributed by atoms with van der Waals surface area (Å²) < 4.78 is 0.585. The van der Waals surface area contributed by atoms with Crippen molar-refractivity contribution in [3.05, 3.63) is 43.5 Å². The van der Waals surface area contributed by atoms with Gasteiger partial charge in [0.1, 0.15) is 5.69 Å². The SMILES string of the molecule is C=CC1CC(=O)N(c2cc(Cl)c(I)cc2[N+](=O)[O-])C1. The lowest BCUT2D eigenvalue weighted by atomic mass is 10.1. The summed E-state index contributed by atoms with van der Waals surface area (Å²) in [5.74, 6) is -0.129. The van der Waals surface area contributed by atoms with E-state index in [1.54, 1.807) is 6.08 Å². The maximum absolute atomic E-state index is 11.9. The molecule has 0 saturated carbocycles. The number of benzene rings is 1. The summed E-state index contributed by atoms with van der Waals surface area (Å²) in [5, 5.41) is 11.5. The van der Waals surface area contributed by atoms with E-state index >= 15 is 0 Å². The van der Waals surface area contributed by atoms with Gasteiger partial charge in [-0.05, 0) is 28.7 Å². The molecule has 100 valence electrons. The first-order chi connectivity index (χ1) is 8.93. The molecule has 5 nitrogen and oxygen atoms in total. The second kappa shape index (κ2) is 5.46. The number of nitro groups is 1. The van der Waals surface area contributed by atoms with E-state index < -0.39 is 4.92 Å². The Kier molecular flexibility index (Phi) is 4.10. The zero-order chi connectivity index (χ0) is 14.2. The van der Waals surface area contributed by atoms with Crippen molar-refractivity contribution in [2.45, 2.75) is 6.42 Å². The molecule has 1 unspecified atom stereocenters. The van der Waals surface area contributed by atoms with Gasteiger partial charge in [0, 0.05) is 28.5 Å². The molecule has 2 rings (SSSR count). The molecule has 1 atom stereocenters. The first-order valence-corrected chi connectivity index (χ1v) is 6.96. The number of amides is 1. The van der Waals surface area contributed by atoms with Crippen LogP contribution in [0.5, 0.6) is 0 Å². The second-order valence-electron chi connectivity index (χ2n) is 4.22. The Morgan fingerprint density at radius 2 is 2.26 bits per heavy atom. The summed E-state index contributed by atoms with van der Waals surface area (Å²) in [6.07, 6.45) is 2.02. The Morgan fingerprint density at radius 3 is 2.79 bits per heavy atom. The van der Waals surface area contributed by atoms with Gasteiger partial charge in [0.25, 0.3) is 5.69 Å². The minimum absolute atomic E-state index is 0.0187. The second-order valence-corrected chi connectivity index (χ2v) is 5.79. The molecule has 1 aliphatic heterocycles. The van der Waals surface area contributed by atoms with Crippen LogP contribution in [0.1, 0.15) is 6.42 Å². The number of nitro benzene ring substituents is 1. The van der Waals surface area contributed by atoms with E-state index in [2.05, 4.69) is 6.58 Å². The van der Waals surface area contributed by atoms with Gasteiger partial charge in [0.15, 0.2) is 0 Å². The average molecular weight is 393 g/mol. The van der Waals surface area contributed by atoms with Crippen molar-refractivity contribution in [1.29, 1.82) is 0 Å². The molecule has 1 aromatic carbocycles. The molecule has 0 aliphatic carbocycles. The third kappa shape index (κ3) is 2.74. The van der Waals surface area contributed by atoms with Crippen LogP contribution in [0.25, 0.3) is 0 Å². The lowest BCUT2D eigenvalue weighted by molar-refractivity contribution is -0.384. The average Bonchev–Trinajstić information content (AvgIpc) is 2.73. The number of hydrogen-bond donors (Lipinski definition) is 0. The zero-order valence-corrected chi connectivity index (χ0v) is 12.7. The van der Waals surface area contributed by atoms with E-state index in [4.69, 9.17) is 11.6 Å². The highest BCUT2D eigenvalue weighted by molar-refractivity contribution is 14.1. The highest BCUT2D eigenvalue weighted by atomic mass is 127. The van der Waals surface area contributed by atoms with Crippen LogP contribution in [-0.4, -0.2) is 17.4 Å². The minimum atomic E-state index is -0.498. The number of rotatable bonds is 3. The Bertz CT molecular complexity index is 576. The Morgan fingerprint density at radius 1 is 1.58 bits per heavy atom. The molecule has 1 aliphatic rings. The van der Waals surface area contributed by atoms with Crippen LogP contribution in [0.15, 0.2) is 24.8 Å². The van der Waals surface area contributed by atoms with Gasteiger partial charge < -0.3 is 4.90 Å². The molecule has 0 aromatic heterocycles. The molecule has 0 radical (unpaired) electrons. The molecule has 0 N–H and O–H groups in total. The molecule has 1 aromatic rings. The third-order valence-corrected chi connectivity index (χ3v) is 4.52. The van der Waals surface area contributed by atoms with E-state index in [0.29, 0.717) is 21.6 Å². The highest BCUT2D eigenvalue weighted by Gasteiger charge is 2.33. The van der Waals surface area contributed by atoms with Gasteiger partial charge in [-0.25, -0.2) is 0 Å². The summed E-state index contributed by atoms with van der Waals surface area (Å²) in [6.45, 7) is 4.06. The number of halogens is 2. The summed E-state index contributed by atoms with van der Waals surface area (Å²) in [5.41, 5.74) is 0.150. The van der Waals surface area contributed by atoms with Crippen LogP contribution >= 0.6 is 34.2 Å². The number of nitrogens with zero attached hydrogens (tertiary/aromatic N) is 2. The van der Waals surface area contributed by atoms with Gasteiger partial charge >= 0.3 is 0 Å². The van der Waals surface area contributed by atoms with Crippen molar-refractivity contribution in [2.75, 3.05) is 11.4 Å². The smallest absolute Gasteiger partial charge is 0.294 e. The Balaban J connectivity index is 2.50. The number of carbonyl (C=O) groups is 1. The molecule has 0 bridgehead atoms. The van der Waals surface area contributed by atoms with Crippen LogP contribution < -0.4 is 4.90 Å². The van der Waals surface area contributed by atoms with Gasteiger partial charge in [-0.1, -0.05) is 17.7 Å². The fraction of sp³-hybridized carbons (Fsp3) is 0.250. The zero-order valence-electron chi connectivity index (χ0n) is 9.81. The molecule has 0 spiro atoms. The molecule has 1 saturated heterocycles. The van der Waals surface area contributed by atoms with Crippen molar-refractivity contribution in [3.8, 4) is 0 Å². The van der Waals surface area contributed by atoms with E-state index in [1.165, 1.54) is 17.0 Å². The monoisotopic (exact) mass is 392 g/mol. The van der Waals surface area contributed by atoms with Crippen LogP contribution in [0.4, 0.5) is 11.4 Å². The molecular formula is C12H10ClIN2O3. The topological polar surface area (TPSA) is 63.5 Å². The van der Waals surface area contributed by atoms with Crippen molar-refractivity contribution < 1.29 is 9.72 Å². The summed E-state index contributed by atoms with van der Waals surface area (Å²) in [7, 11) is 0. The Hall–Kier alpha value is -1.15. The molecule has 7 heteroatoms. The van der Waals surface area contributed by atoms with Crippen molar-refractivity contribution in [1.82, 2.24) is 0 Å². The fourth-order valence-electron chi connectivity index (χ4n) is 2.01. The highest BCUT2D eigenvalue weighted by Crippen LogP contribution is 2.37. The van der Waals surface area contributed by atoms with E-state index in [0.717, 1.165) is 0 Å². The lowest BCUT2D eigenvalue weighted by Crippen LogP contribution is -2.25. The van der Waals surface area contributed by atoms with Crippen LogP contribution in [0.3, 0.4) is 0 Å². The normalized spacial score (nSPS) is 18.7. The predicted octanol–water partition coefficient (Wildman–Crippen LogP) is 3.39. The maximum Gasteiger partial charge on any atom is 0.294 e. The predicted molar refractivity (Wildman–Crippen MR) is 81.5 cm³/mol. The summed E-state index contributed by atoms with van der Waals surface area (Å²) >= 11 is 7.92. The minimum Gasteiger partial charge on any atom is -0.306 e. The van der Waals surface area contributed by atoms with Gasteiger partial charge in [0.05, 0.1) is 9.95 Å². The third-order valence-electron chi connectivity index (χ3n) is 2.99. The summed E-state index contributed by atoms with van der Waals surface area (Å²) in [6, 6.07) is 2.86. The Labute approximate surface area is 128 Å². The van der Waals surface area contributed by atoms with E-state index in [9.17, 15) is 14.9 Å². The van der Waals surface area contributed by atoms with Crippen LogP contribution in [0.2, 0.25) is 5.02 Å². The molecular weight excluding hydrogens is 383 g/mol. The van der Waals surface area contributed by atoms with Gasteiger partial charge in [0.2, 0.25) is 5.91 Å². The molecule has 1 heterocycles. The van der Waals surface area contributed by atoms with Crippen molar-refractivity contribution in [2.24, 2.45) is 5.92 Å². The van der Waals surface area contributed by atoms with Gasteiger partial charge in [-0.3, -0.25) is 14.9 Å². The summed E-state index contributed by atoms with van der Waals surface area (Å²) in [4.78, 5) is 23.9. The standard InChI is InChI=1S/C12H10ClIN2O3/c1-2-7-3-12(17)15(6-7)10-4-8(13)9(14)5-11(10)16(18)19/h2,4-5,7H,1,3,6H2. The quantitative estimate of drug-likeness (QED) is 0.343. The van der Waals surface area contributed by atoms with Crippen molar-refractivity contribution >= 4 is 51.5 Å². The van der Waals surface area contributed by atoms with Crippen molar-refractivity contribution in [3.63, 3.8) is 0 Å². The molecule has 1 amide bonds. The first kappa shape index (κ1) is 14.3. The number of hydrogen-bond acceptors (Lipinski definition) is 3. The number of carbonyl (C=O) groups excluding carboxylic acids is 1. The fourth-order valence-corrected chi connectivity index (χ4v) is 2.62. The van der Waals surface area contributed by atoms with Crippen LogP contribution in [-0.2, 0) is 4.79 Å². The number of anilines is 1. The van der Waals surface area contributed by atoms with Crippen LogP contribution in [0, 0.1) is 19.6 Å². The van der Waals surface area contributed by atoms with E-state index in [1.807, 2.05) is 22.6 Å². The van der Waals surface area contributed by atoms with Gasteiger partial charge in [-0.2, -0.15) is 0 Å². The molecule has 19 heavy (non-hydrogen) atoms. The van der Waals surface area contributed by atoms with E-state index in [-0.39, 0.29) is 23.2 Å². The largest absolute Gasteiger partial charge is 0.306 e. The maximum atomic E-state index is 11.9.